The van der Waals surface area contributed by atoms with Gasteiger partial charge >= 0.3 is 12.2 Å². The van der Waals surface area contributed by atoms with E-state index in [1.54, 1.807) is 11.8 Å². The van der Waals surface area contributed by atoms with Crippen LogP contribution < -0.4 is 10.1 Å². The number of anilines is 1. The van der Waals surface area contributed by atoms with Crippen molar-refractivity contribution in [1.82, 2.24) is 9.80 Å². The zero-order valence-electron chi connectivity index (χ0n) is 14.2. The molecule has 6 nitrogen and oxygen atoms in total. The molecule has 0 bridgehead atoms. The van der Waals surface area contributed by atoms with Crippen molar-refractivity contribution in [2.75, 3.05) is 44.6 Å². The minimum atomic E-state index is -4.49. The lowest BCUT2D eigenvalue weighted by Crippen LogP contribution is -2.51. The van der Waals surface area contributed by atoms with E-state index in [1.807, 2.05) is 4.90 Å². The zero-order valence-corrected chi connectivity index (χ0v) is 15.0. The zero-order chi connectivity index (χ0) is 19.3. The molecule has 0 radical (unpaired) electrons. The van der Waals surface area contributed by atoms with Crippen LogP contribution in [0, 0.1) is 0 Å². The van der Waals surface area contributed by atoms with Crippen LogP contribution in [0.1, 0.15) is 6.92 Å². The number of alkyl halides is 3. The van der Waals surface area contributed by atoms with E-state index in [2.05, 4.69) is 5.32 Å². The van der Waals surface area contributed by atoms with Crippen molar-refractivity contribution in [3.63, 3.8) is 0 Å². The summed E-state index contributed by atoms with van der Waals surface area (Å²) in [5.41, 5.74) is 0.0816. The standard InChI is InChI=1S/C16H21ClF3N3O3/c1-11(24)9-22-4-6-23(7-5-22)15(25)21-13-8-12(17)2-3-14(13)26-10-16(18,19)20/h2-3,8,11,24H,4-7,9-10H2,1H3,(H,21,25)/t11-/m0/s1. The van der Waals surface area contributed by atoms with Crippen LogP contribution in [-0.2, 0) is 0 Å². The van der Waals surface area contributed by atoms with E-state index < -0.39 is 24.9 Å². The third-order valence-corrected chi connectivity index (χ3v) is 3.99. The summed E-state index contributed by atoms with van der Waals surface area (Å²) in [6.07, 6.45) is -4.93. The van der Waals surface area contributed by atoms with Gasteiger partial charge in [-0.3, -0.25) is 4.90 Å². The van der Waals surface area contributed by atoms with Gasteiger partial charge in [-0.15, -0.1) is 0 Å². The molecule has 0 aliphatic carbocycles. The molecule has 146 valence electrons. The maximum atomic E-state index is 12.4. The Morgan fingerprint density at radius 2 is 2.00 bits per heavy atom. The summed E-state index contributed by atoms with van der Waals surface area (Å²) in [5, 5.41) is 12.2. The summed E-state index contributed by atoms with van der Waals surface area (Å²) in [5.74, 6) is -0.104. The van der Waals surface area contributed by atoms with Crippen LogP contribution >= 0.6 is 11.6 Å². The molecular weight excluding hydrogens is 375 g/mol. The van der Waals surface area contributed by atoms with Crippen LogP contribution in [0.15, 0.2) is 18.2 Å². The van der Waals surface area contributed by atoms with Gasteiger partial charge in [0.1, 0.15) is 5.75 Å². The predicted molar refractivity (Wildman–Crippen MR) is 91.7 cm³/mol. The van der Waals surface area contributed by atoms with Crippen LogP contribution in [0.5, 0.6) is 5.75 Å². The average molecular weight is 396 g/mol. The van der Waals surface area contributed by atoms with Crippen molar-refractivity contribution in [1.29, 1.82) is 0 Å². The second kappa shape index (κ2) is 8.79. The number of aliphatic hydroxyl groups excluding tert-OH is 1. The molecule has 1 aliphatic heterocycles. The van der Waals surface area contributed by atoms with Gasteiger partial charge in [0, 0.05) is 37.7 Å². The molecule has 2 N–H and O–H groups in total. The third-order valence-electron chi connectivity index (χ3n) is 3.76. The number of halogens is 4. The largest absolute Gasteiger partial charge is 0.482 e. The first kappa shape index (κ1) is 20.6. The van der Waals surface area contributed by atoms with Crippen LogP contribution in [-0.4, -0.2) is 72.5 Å². The lowest BCUT2D eigenvalue weighted by atomic mass is 10.2. The number of nitrogens with one attached hydrogen (secondary N) is 1. The Morgan fingerprint density at radius 3 is 2.58 bits per heavy atom. The molecule has 26 heavy (non-hydrogen) atoms. The highest BCUT2D eigenvalue weighted by molar-refractivity contribution is 6.31. The highest BCUT2D eigenvalue weighted by atomic mass is 35.5. The minimum Gasteiger partial charge on any atom is -0.482 e. The van der Waals surface area contributed by atoms with Gasteiger partial charge in [0.05, 0.1) is 11.8 Å². The van der Waals surface area contributed by atoms with Gasteiger partial charge in [-0.1, -0.05) is 11.6 Å². The Bertz CT molecular complexity index is 620. The van der Waals surface area contributed by atoms with Gasteiger partial charge in [-0.25, -0.2) is 4.79 Å². The number of amides is 2. The number of hydrogen-bond acceptors (Lipinski definition) is 4. The van der Waals surface area contributed by atoms with E-state index in [1.165, 1.54) is 18.2 Å². The molecule has 1 aromatic carbocycles. The molecular formula is C16H21ClF3N3O3. The highest BCUT2D eigenvalue weighted by Gasteiger charge is 2.29. The topological polar surface area (TPSA) is 65.0 Å². The number of carbonyl (C=O) groups is 1. The molecule has 0 unspecified atom stereocenters. The SMILES string of the molecule is C[C@H](O)CN1CCN(C(=O)Nc2cc(Cl)ccc2OCC(F)(F)F)CC1. The van der Waals surface area contributed by atoms with Crippen LogP contribution in [0.25, 0.3) is 0 Å². The molecule has 2 rings (SSSR count). The van der Waals surface area contributed by atoms with E-state index >= 15 is 0 Å². The van der Waals surface area contributed by atoms with E-state index in [9.17, 15) is 23.1 Å². The van der Waals surface area contributed by atoms with Crippen molar-refractivity contribution < 1.29 is 27.8 Å². The fourth-order valence-electron chi connectivity index (χ4n) is 2.59. The Balaban J connectivity index is 1.97. The van der Waals surface area contributed by atoms with Gasteiger partial charge in [0.2, 0.25) is 0 Å². The molecule has 1 aliphatic rings. The van der Waals surface area contributed by atoms with Gasteiger partial charge in [-0.05, 0) is 25.1 Å². The molecule has 1 fully saturated rings. The Morgan fingerprint density at radius 1 is 1.35 bits per heavy atom. The number of piperazine rings is 1. The third kappa shape index (κ3) is 6.54. The number of nitrogens with zero attached hydrogens (tertiary/aromatic N) is 2. The maximum absolute atomic E-state index is 12.4. The van der Waals surface area contributed by atoms with Crippen molar-refractivity contribution in [3.8, 4) is 5.75 Å². The van der Waals surface area contributed by atoms with Gasteiger partial charge < -0.3 is 20.1 Å². The van der Waals surface area contributed by atoms with E-state index in [-0.39, 0.29) is 16.5 Å². The number of urea groups is 1. The van der Waals surface area contributed by atoms with Crippen LogP contribution in [0.4, 0.5) is 23.7 Å². The molecule has 10 heteroatoms. The Hall–Kier alpha value is -1.71. The monoisotopic (exact) mass is 395 g/mol. The quantitative estimate of drug-likeness (QED) is 0.804. The number of benzene rings is 1. The van der Waals surface area contributed by atoms with E-state index in [4.69, 9.17) is 16.3 Å². The van der Waals surface area contributed by atoms with Crippen molar-refractivity contribution >= 4 is 23.3 Å². The number of carbonyl (C=O) groups excluding carboxylic acids is 1. The summed E-state index contributed by atoms with van der Waals surface area (Å²) < 4.78 is 41.8. The lowest BCUT2D eigenvalue weighted by Gasteiger charge is -2.35. The molecule has 1 atom stereocenters. The van der Waals surface area contributed by atoms with Crippen LogP contribution in [0.2, 0.25) is 5.02 Å². The van der Waals surface area contributed by atoms with Crippen molar-refractivity contribution in [3.05, 3.63) is 23.2 Å². The number of aliphatic hydroxyl groups is 1. The van der Waals surface area contributed by atoms with E-state index in [0.717, 1.165) is 0 Å². The number of rotatable bonds is 5. The maximum Gasteiger partial charge on any atom is 0.422 e. The molecule has 0 spiro atoms. The number of ether oxygens (including phenoxy) is 1. The fourth-order valence-corrected chi connectivity index (χ4v) is 2.76. The molecule has 2 amide bonds. The normalized spacial score (nSPS) is 17.1. The fraction of sp³-hybridized carbons (Fsp3) is 0.562. The second-order valence-corrected chi connectivity index (χ2v) is 6.55. The first-order valence-corrected chi connectivity index (χ1v) is 8.47. The van der Waals surface area contributed by atoms with Gasteiger partial charge in [0.15, 0.2) is 6.61 Å². The molecule has 1 heterocycles. The minimum absolute atomic E-state index is 0.0816. The lowest BCUT2D eigenvalue weighted by molar-refractivity contribution is -0.153. The number of β-amino-alcohol motifs (C(OH)–C–C–N with tert-alkyl or cyclic N) is 1. The van der Waals surface area contributed by atoms with Gasteiger partial charge in [0.25, 0.3) is 0 Å². The van der Waals surface area contributed by atoms with Crippen LogP contribution in [0.3, 0.4) is 0 Å². The van der Waals surface area contributed by atoms with Crippen molar-refractivity contribution in [2.45, 2.75) is 19.2 Å². The molecule has 1 saturated heterocycles. The Kier molecular flexibility index (Phi) is 6.96. The summed E-state index contributed by atoms with van der Waals surface area (Å²) in [4.78, 5) is 16.0. The smallest absolute Gasteiger partial charge is 0.422 e. The van der Waals surface area contributed by atoms with Crippen molar-refractivity contribution in [2.24, 2.45) is 0 Å². The predicted octanol–water partition coefficient (Wildman–Crippen LogP) is 2.81. The highest BCUT2D eigenvalue weighted by Crippen LogP contribution is 2.30. The average Bonchev–Trinajstić information content (AvgIpc) is 2.53. The Labute approximate surface area is 154 Å². The van der Waals surface area contributed by atoms with Gasteiger partial charge in [-0.2, -0.15) is 13.2 Å². The summed E-state index contributed by atoms with van der Waals surface area (Å²) in [7, 11) is 0. The summed E-state index contributed by atoms with van der Waals surface area (Å²) in [6.45, 7) is 2.85. The molecule has 1 aromatic rings. The summed E-state index contributed by atoms with van der Waals surface area (Å²) >= 11 is 5.87. The van der Waals surface area contributed by atoms with E-state index in [0.29, 0.717) is 32.7 Å². The molecule has 0 aromatic heterocycles. The first-order chi connectivity index (χ1) is 12.1. The molecule has 0 saturated carbocycles. The second-order valence-electron chi connectivity index (χ2n) is 6.11. The number of hydrogen-bond donors (Lipinski definition) is 2. The summed E-state index contributed by atoms with van der Waals surface area (Å²) in [6, 6.07) is 3.57. The first-order valence-electron chi connectivity index (χ1n) is 8.09.